The smallest absolute Gasteiger partial charge is 0.255 e. The Balaban J connectivity index is 2.19. The van der Waals surface area contributed by atoms with Crippen LogP contribution < -0.4 is 21.3 Å². The molecule has 0 spiro atoms. The number of carbonyl (C=O) groups is 1. The summed E-state index contributed by atoms with van der Waals surface area (Å²) in [7, 11) is 1.59. The van der Waals surface area contributed by atoms with Gasteiger partial charge in [-0.2, -0.15) is 0 Å². The maximum Gasteiger partial charge on any atom is 0.255 e. The third kappa shape index (κ3) is 3.07. The van der Waals surface area contributed by atoms with Crippen LogP contribution in [0.1, 0.15) is 15.9 Å². The van der Waals surface area contributed by atoms with Crippen molar-refractivity contribution in [3.63, 3.8) is 0 Å². The van der Waals surface area contributed by atoms with E-state index in [4.69, 9.17) is 10.6 Å². The molecule has 0 aliphatic rings. The summed E-state index contributed by atoms with van der Waals surface area (Å²) in [4.78, 5) is 12.2. The maximum absolute atomic E-state index is 12.2. The van der Waals surface area contributed by atoms with Crippen LogP contribution in [-0.4, -0.2) is 13.0 Å². The van der Waals surface area contributed by atoms with Gasteiger partial charge in [0.05, 0.1) is 7.11 Å². The van der Waals surface area contributed by atoms with Crippen LogP contribution in [0.5, 0.6) is 5.75 Å². The van der Waals surface area contributed by atoms with Crippen molar-refractivity contribution in [1.29, 1.82) is 0 Å². The minimum atomic E-state index is -0.167. The van der Waals surface area contributed by atoms with Crippen molar-refractivity contribution in [2.75, 3.05) is 17.9 Å². The fraction of sp³-hybridized carbons (Fsp3) is 0.133. The van der Waals surface area contributed by atoms with Gasteiger partial charge >= 0.3 is 0 Å². The summed E-state index contributed by atoms with van der Waals surface area (Å²) in [6.45, 7) is 1.86. The highest BCUT2D eigenvalue weighted by Gasteiger charge is 2.10. The van der Waals surface area contributed by atoms with E-state index in [1.54, 1.807) is 25.3 Å². The molecule has 0 aromatic heterocycles. The predicted molar refractivity (Wildman–Crippen MR) is 79.9 cm³/mol. The molecule has 0 saturated carbocycles. The number of nitrogens with two attached hydrogens (primary N) is 1. The van der Waals surface area contributed by atoms with E-state index < -0.39 is 0 Å². The first-order chi connectivity index (χ1) is 9.63. The van der Waals surface area contributed by atoms with Crippen molar-refractivity contribution in [2.45, 2.75) is 6.92 Å². The van der Waals surface area contributed by atoms with Crippen molar-refractivity contribution in [1.82, 2.24) is 0 Å². The highest BCUT2D eigenvalue weighted by Crippen LogP contribution is 2.19. The van der Waals surface area contributed by atoms with E-state index in [1.807, 2.05) is 31.2 Å². The number of ether oxygens (including phenoxy) is 1. The summed E-state index contributed by atoms with van der Waals surface area (Å²) in [5.74, 6) is 5.87. The van der Waals surface area contributed by atoms with Gasteiger partial charge in [-0.25, -0.2) is 0 Å². The van der Waals surface area contributed by atoms with Gasteiger partial charge in [-0.1, -0.05) is 6.07 Å². The van der Waals surface area contributed by atoms with E-state index in [0.717, 1.165) is 11.3 Å². The van der Waals surface area contributed by atoms with Gasteiger partial charge in [-0.05, 0) is 42.8 Å². The third-order valence-electron chi connectivity index (χ3n) is 2.97. The second-order valence-corrected chi connectivity index (χ2v) is 4.36. The van der Waals surface area contributed by atoms with Crippen molar-refractivity contribution in [3.05, 3.63) is 53.6 Å². The van der Waals surface area contributed by atoms with Crippen molar-refractivity contribution >= 4 is 17.3 Å². The zero-order valence-corrected chi connectivity index (χ0v) is 11.4. The van der Waals surface area contributed by atoms with Crippen molar-refractivity contribution in [2.24, 2.45) is 5.84 Å². The lowest BCUT2D eigenvalue weighted by Gasteiger charge is -2.10. The number of carbonyl (C=O) groups excluding carboxylic acids is 1. The van der Waals surface area contributed by atoms with E-state index in [9.17, 15) is 4.79 Å². The Hall–Kier alpha value is -2.53. The summed E-state index contributed by atoms with van der Waals surface area (Å²) < 4.78 is 5.12. The Kier molecular flexibility index (Phi) is 4.22. The molecule has 0 unspecified atom stereocenters. The van der Waals surface area contributed by atoms with Gasteiger partial charge in [0.1, 0.15) is 5.75 Å². The van der Waals surface area contributed by atoms with Crippen LogP contribution in [0.25, 0.3) is 0 Å². The Bertz CT molecular complexity index is 626. The number of hydrazine groups is 1. The predicted octanol–water partition coefficient (Wildman–Crippen LogP) is 2.54. The summed E-state index contributed by atoms with van der Waals surface area (Å²) in [6, 6.07) is 12.5. The lowest BCUT2D eigenvalue weighted by molar-refractivity contribution is 0.102. The Morgan fingerprint density at radius 1 is 1.15 bits per heavy atom. The molecule has 20 heavy (non-hydrogen) atoms. The number of methoxy groups -OCH3 is 1. The van der Waals surface area contributed by atoms with Crippen molar-refractivity contribution < 1.29 is 9.53 Å². The fourth-order valence-electron chi connectivity index (χ4n) is 1.91. The molecule has 104 valence electrons. The van der Waals surface area contributed by atoms with Crippen LogP contribution >= 0.6 is 0 Å². The number of anilines is 2. The van der Waals surface area contributed by atoms with Crippen molar-refractivity contribution in [3.8, 4) is 5.75 Å². The molecule has 1 amide bonds. The molecule has 0 atom stereocenters. The third-order valence-corrected chi connectivity index (χ3v) is 2.97. The fourth-order valence-corrected chi connectivity index (χ4v) is 1.91. The summed E-state index contributed by atoms with van der Waals surface area (Å²) in [5.41, 5.74) is 5.46. The van der Waals surface area contributed by atoms with Crippen LogP contribution in [0.15, 0.2) is 42.5 Å². The van der Waals surface area contributed by atoms with Gasteiger partial charge in [0.2, 0.25) is 0 Å². The van der Waals surface area contributed by atoms with Crippen LogP contribution in [0.3, 0.4) is 0 Å². The maximum atomic E-state index is 12.2. The molecule has 0 fully saturated rings. The normalized spacial score (nSPS) is 9.95. The minimum Gasteiger partial charge on any atom is -0.497 e. The molecule has 0 aliphatic carbocycles. The van der Waals surface area contributed by atoms with E-state index >= 15 is 0 Å². The molecule has 0 bridgehead atoms. The van der Waals surface area contributed by atoms with Gasteiger partial charge in [-0.3, -0.25) is 10.6 Å². The quantitative estimate of drug-likeness (QED) is 0.590. The molecule has 2 aromatic rings. The second-order valence-electron chi connectivity index (χ2n) is 4.36. The molecule has 2 aromatic carbocycles. The molecule has 2 rings (SSSR count). The average Bonchev–Trinajstić information content (AvgIpc) is 2.47. The number of benzene rings is 2. The Morgan fingerprint density at radius 2 is 1.95 bits per heavy atom. The molecule has 5 nitrogen and oxygen atoms in total. The summed E-state index contributed by atoms with van der Waals surface area (Å²) in [6.07, 6.45) is 0. The Morgan fingerprint density at radius 3 is 2.60 bits per heavy atom. The number of hydrogen-bond acceptors (Lipinski definition) is 4. The first-order valence-electron chi connectivity index (χ1n) is 6.16. The van der Waals surface area contributed by atoms with E-state index in [0.29, 0.717) is 17.0 Å². The van der Waals surface area contributed by atoms with Gasteiger partial charge in [-0.15, -0.1) is 0 Å². The largest absolute Gasteiger partial charge is 0.497 e. The molecule has 0 aliphatic heterocycles. The number of amides is 1. The van der Waals surface area contributed by atoms with E-state index in [-0.39, 0.29) is 5.91 Å². The van der Waals surface area contributed by atoms with Gasteiger partial charge in [0.25, 0.3) is 5.91 Å². The summed E-state index contributed by atoms with van der Waals surface area (Å²) >= 11 is 0. The zero-order valence-electron chi connectivity index (χ0n) is 11.4. The SMILES string of the molecule is COc1cccc(NC(=O)c2ccc(NN)cc2C)c1. The van der Waals surface area contributed by atoms with Gasteiger partial charge < -0.3 is 15.5 Å². The van der Waals surface area contributed by atoms with Crippen LogP contribution in [0.2, 0.25) is 0 Å². The molecule has 5 heteroatoms. The summed E-state index contributed by atoms with van der Waals surface area (Å²) in [5, 5.41) is 2.84. The second kappa shape index (κ2) is 6.08. The molecular weight excluding hydrogens is 254 g/mol. The highest BCUT2D eigenvalue weighted by atomic mass is 16.5. The molecule has 0 heterocycles. The molecule has 0 radical (unpaired) electrons. The van der Waals surface area contributed by atoms with Crippen LogP contribution in [0.4, 0.5) is 11.4 Å². The molecule has 0 saturated heterocycles. The molecule has 4 N–H and O–H groups in total. The number of nitrogens with one attached hydrogen (secondary N) is 2. The van der Waals surface area contributed by atoms with E-state index in [2.05, 4.69) is 10.7 Å². The highest BCUT2D eigenvalue weighted by molar-refractivity contribution is 6.05. The monoisotopic (exact) mass is 271 g/mol. The minimum absolute atomic E-state index is 0.167. The first kappa shape index (κ1) is 13.9. The van der Waals surface area contributed by atoms with Gasteiger partial charge in [0, 0.05) is 23.0 Å². The van der Waals surface area contributed by atoms with Crippen LogP contribution in [-0.2, 0) is 0 Å². The number of aryl methyl sites for hydroxylation is 1. The standard InChI is InChI=1S/C15H17N3O2/c1-10-8-12(18-16)6-7-14(10)15(19)17-11-4-3-5-13(9-11)20-2/h3-9,18H,16H2,1-2H3,(H,17,19). The number of nitrogen functional groups attached to an aromatic ring is 1. The average molecular weight is 271 g/mol. The Labute approximate surface area is 117 Å². The molecular formula is C15H17N3O2. The van der Waals surface area contributed by atoms with Crippen LogP contribution in [0, 0.1) is 6.92 Å². The lowest BCUT2D eigenvalue weighted by Crippen LogP contribution is -2.14. The topological polar surface area (TPSA) is 76.4 Å². The first-order valence-corrected chi connectivity index (χ1v) is 6.16. The number of rotatable bonds is 4. The number of hydrogen-bond donors (Lipinski definition) is 3. The van der Waals surface area contributed by atoms with Gasteiger partial charge in [0.15, 0.2) is 0 Å². The zero-order chi connectivity index (χ0) is 14.5. The van der Waals surface area contributed by atoms with E-state index in [1.165, 1.54) is 0 Å². The lowest BCUT2D eigenvalue weighted by atomic mass is 10.1.